The van der Waals surface area contributed by atoms with Crippen LogP contribution in [0.4, 0.5) is 0 Å². The molecule has 0 atom stereocenters. The molecule has 0 saturated heterocycles. The molecule has 0 aliphatic carbocycles. The Hall–Kier alpha value is -0.370. The van der Waals surface area contributed by atoms with Gasteiger partial charge in [0.05, 0.1) is 13.8 Å². The van der Waals surface area contributed by atoms with Crippen LogP contribution in [0.2, 0.25) is 0 Å². The van der Waals surface area contributed by atoms with Crippen LogP contribution in [0, 0.1) is 0 Å². The smallest absolute Gasteiger partial charge is 0.238 e. The Labute approximate surface area is 117 Å². The Bertz CT molecular complexity index is 532. The Morgan fingerprint density at radius 2 is 1.88 bits per heavy atom. The summed E-state index contributed by atoms with van der Waals surface area (Å²) in [4.78, 5) is 0.0129. The molecule has 17 heavy (non-hydrogen) atoms. The molecule has 0 radical (unpaired) electrons. The van der Waals surface area contributed by atoms with Crippen molar-refractivity contribution in [2.24, 2.45) is 5.14 Å². The van der Waals surface area contributed by atoms with Gasteiger partial charge in [0.15, 0.2) is 0 Å². The van der Waals surface area contributed by atoms with Gasteiger partial charge in [-0.3, -0.25) is 0 Å². The predicted molar refractivity (Wildman–Crippen MR) is 73.5 cm³/mol. The third kappa shape index (κ3) is 4.09. The monoisotopic (exact) mass is 383 g/mol. The second-order valence-corrected chi connectivity index (χ2v) is 6.78. The van der Waals surface area contributed by atoms with Crippen LogP contribution in [0.3, 0.4) is 0 Å². The highest BCUT2D eigenvalue weighted by molar-refractivity contribution is 9.11. The van der Waals surface area contributed by atoms with Crippen LogP contribution in [0.1, 0.15) is 6.92 Å². The minimum absolute atomic E-state index is 0.0129. The fourth-order valence-corrected chi connectivity index (χ4v) is 3.32. The largest absolute Gasteiger partial charge is 0.487 e. The maximum atomic E-state index is 11.2. The van der Waals surface area contributed by atoms with E-state index in [9.17, 15) is 8.42 Å². The second kappa shape index (κ2) is 5.51. The van der Waals surface area contributed by atoms with Crippen LogP contribution in [0.5, 0.6) is 5.75 Å². The van der Waals surface area contributed by atoms with Crippen molar-refractivity contribution in [3.63, 3.8) is 0 Å². The van der Waals surface area contributed by atoms with Crippen molar-refractivity contribution < 1.29 is 13.2 Å². The van der Waals surface area contributed by atoms with Crippen molar-refractivity contribution in [2.75, 3.05) is 6.61 Å². The van der Waals surface area contributed by atoms with E-state index in [4.69, 9.17) is 9.88 Å². The van der Waals surface area contributed by atoms with Gasteiger partial charge in [-0.1, -0.05) is 6.58 Å². The van der Waals surface area contributed by atoms with Crippen LogP contribution in [-0.4, -0.2) is 15.0 Å². The number of ether oxygens (including phenoxy) is 1. The molecule has 0 saturated carbocycles. The van der Waals surface area contributed by atoms with Gasteiger partial charge in [-0.05, 0) is 56.5 Å². The highest BCUT2D eigenvalue weighted by atomic mass is 79.9. The van der Waals surface area contributed by atoms with E-state index in [0.29, 0.717) is 21.3 Å². The first kappa shape index (κ1) is 14.7. The molecule has 94 valence electrons. The first-order chi connectivity index (χ1) is 7.71. The van der Waals surface area contributed by atoms with Gasteiger partial charge >= 0.3 is 0 Å². The quantitative estimate of drug-likeness (QED) is 0.811. The van der Waals surface area contributed by atoms with Gasteiger partial charge < -0.3 is 4.74 Å². The van der Waals surface area contributed by atoms with Crippen molar-refractivity contribution in [2.45, 2.75) is 11.8 Å². The molecule has 4 nitrogen and oxygen atoms in total. The van der Waals surface area contributed by atoms with Crippen LogP contribution in [-0.2, 0) is 10.0 Å². The molecule has 0 bridgehead atoms. The van der Waals surface area contributed by atoms with E-state index in [1.807, 2.05) is 6.92 Å². The molecule has 0 fully saturated rings. The molecule has 0 aliphatic rings. The maximum absolute atomic E-state index is 11.2. The summed E-state index contributed by atoms with van der Waals surface area (Å²) in [6.45, 7) is 5.90. The minimum Gasteiger partial charge on any atom is -0.487 e. The van der Waals surface area contributed by atoms with Crippen molar-refractivity contribution in [3.05, 3.63) is 33.2 Å². The fraction of sp³-hybridized carbons (Fsp3) is 0.200. The molecule has 1 aromatic rings. The SMILES string of the molecule is C=C(C)COc1c(Br)cc(S(N)(=O)=O)cc1Br. The number of hydrogen-bond acceptors (Lipinski definition) is 3. The van der Waals surface area contributed by atoms with Crippen molar-refractivity contribution in [1.82, 2.24) is 0 Å². The van der Waals surface area contributed by atoms with Gasteiger partial charge in [-0.25, -0.2) is 13.6 Å². The first-order valence-corrected chi connectivity index (χ1v) is 7.64. The summed E-state index contributed by atoms with van der Waals surface area (Å²) in [6.07, 6.45) is 0. The highest BCUT2D eigenvalue weighted by Gasteiger charge is 2.15. The van der Waals surface area contributed by atoms with Gasteiger partial charge in [0.2, 0.25) is 10.0 Å². The second-order valence-electron chi connectivity index (χ2n) is 3.51. The summed E-state index contributed by atoms with van der Waals surface area (Å²) in [7, 11) is -3.73. The standard InChI is InChI=1S/C10H11Br2NO3S/c1-6(2)5-16-10-8(11)3-7(4-9(10)12)17(13,14)15/h3-4H,1,5H2,2H3,(H2,13,14,15). The number of primary sulfonamides is 1. The number of nitrogens with two attached hydrogens (primary N) is 1. The van der Waals surface area contributed by atoms with E-state index in [0.717, 1.165) is 5.57 Å². The summed E-state index contributed by atoms with van der Waals surface area (Å²) in [5.74, 6) is 0.514. The topological polar surface area (TPSA) is 69.4 Å². The number of sulfonamides is 1. The predicted octanol–water partition coefficient (Wildman–Crippen LogP) is 2.81. The zero-order chi connectivity index (χ0) is 13.2. The van der Waals surface area contributed by atoms with E-state index in [-0.39, 0.29) is 4.90 Å². The lowest BCUT2D eigenvalue weighted by atomic mass is 10.3. The molecule has 0 spiro atoms. The fourth-order valence-electron chi connectivity index (χ4n) is 1.03. The average Bonchev–Trinajstić information content (AvgIpc) is 2.14. The van der Waals surface area contributed by atoms with Crippen LogP contribution in [0.15, 0.2) is 38.1 Å². The van der Waals surface area contributed by atoms with E-state index < -0.39 is 10.0 Å². The molecular weight excluding hydrogens is 374 g/mol. The van der Waals surface area contributed by atoms with E-state index >= 15 is 0 Å². The molecule has 1 aromatic carbocycles. The van der Waals surface area contributed by atoms with E-state index in [1.165, 1.54) is 12.1 Å². The molecule has 0 amide bonds. The molecule has 0 aliphatic heterocycles. The normalized spacial score (nSPS) is 11.3. The maximum Gasteiger partial charge on any atom is 0.238 e. The Kier molecular flexibility index (Phi) is 4.77. The Balaban J connectivity index is 3.15. The molecule has 0 unspecified atom stereocenters. The summed E-state index contributed by atoms with van der Waals surface area (Å²) in [5.41, 5.74) is 0.860. The third-order valence-corrected chi connectivity index (χ3v) is 3.83. The van der Waals surface area contributed by atoms with Crippen LogP contribution < -0.4 is 9.88 Å². The zero-order valence-electron chi connectivity index (χ0n) is 9.04. The lowest BCUT2D eigenvalue weighted by molar-refractivity contribution is 0.348. The zero-order valence-corrected chi connectivity index (χ0v) is 13.0. The molecule has 0 heterocycles. The van der Waals surface area contributed by atoms with Gasteiger partial charge in [-0.2, -0.15) is 0 Å². The first-order valence-electron chi connectivity index (χ1n) is 4.51. The third-order valence-electron chi connectivity index (χ3n) is 1.76. The molecule has 0 aromatic heterocycles. The van der Waals surface area contributed by atoms with Crippen molar-refractivity contribution in [3.8, 4) is 5.75 Å². The molecule has 7 heteroatoms. The highest BCUT2D eigenvalue weighted by Crippen LogP contribution is 2.35. The lowest BCUT2D eigenvalue weighted by Crippen LogP contribution is -2.12. The number of benzene rings is 1. The minimum atomic E-state index is -3.73. The molecule has 1 rings (SSSR count). The van der Waals surface area contributed by atoms with Crippen LogP contribution >= 0.6 is 31.9 Å². The summed E-state index contributed by atoms with van der Waals surface area (Å²) in [6, 6.07) is 2.79. The van der Waals surface area contributed by atoms with Crippen molar-refractivity contribution in [1.29, 1.82) is 0 Å². The van der Waals surface area contributed by atoms with Gasteiger partial charge in [0.1, 0.15) is 12.4 Å². The van der Waals surface area contributed by atoms with E-state index in [1.54, 1.807) is 0 Å². The summed E-state index contributed by atoms with van der Waals surface area (Å²) < 4.78 is 28.9. The summed E-state index contributed by atoms with van der Waals surface area (Å²) in [5, 5.41) is 5.04. The van der Waals surface area contributed by atoms with Crippen LogP contribution in [0.25, 0.3) is 0 Å². The number of rotatable bonds is 4. The van der Waals surface area contributed by atoms with Gasteiger partial charge in [-0.15, -0.1) is 0 Å². The van der Waals surface area contributed by atoms with E-state index in [2.05, 4.69) is 38.4 Å². The van der Waals surface area contributed by atoms with Gasteiger partial charge in [0, 0.05) is 0 Å². The number of halogens is 2. The average molecular weight is 385 g/mol. The summed E-state index contributed by atoms with van der Waals surface area (Å²) >= 11 is 6.47. The van der Waals surface area contributed by atoms with Crippen molar-refractivity contribution >= 4 is 41.9 Å². The van der Waals surface area contributed by atoms with Gasteiger partial charge in [0.25, 0.3) is 0 Å². The number of hydrogen-bond donors (Lipinski definition) is 1. The molecular formula is C10H11Br2NO3S. The molecule has 2 N–H and O–H groups in total. The lowest BCUT2D eigenvalue weighted by Gasteiger charge is -2.11. The Morgan fingerprint density at radius 3 is 2.24 bits per heavy atom. The Morgan fingerprint density at radius 1 is 1.41 bits per heavy atom.